The van der Waals surface area contributed by atoms with Gasteiger partial charge in [0.15, 0.2) is 0 Å². The zero-order valence-corrected chi connectivity index (χ0v) is 19.7. The molecule has 3 rings (SSSR count). The minimum atomic E-state index is -0.738. The summed E-state index contributed by atoms with van der Waals surface area (Å²) in [6, 6.07) is 13.8. The van der Waals surface area contributed by atoms with Gasteiger partial charge in [0.1, 0.15) is 0 Å². The number of benzene rings is 2. The van der Waals surface area contributed by atoms with E-state index in [1.165, 1.54) is 4.90 Å². The number of likely N-dealkylation sites (N-methyl/N-ethyl adjacent to an activating group) is 1. The summed E-state index contributed by atoms with van der Waals surface area (Å²) in [5, 5.41) is 2.98. The van der Waals surface area contributed by atoms with E-state index in [1.54, 1.807) is 18.9 Å². The molecule has 2 aromatic rings. The second-order valence-corrected chi connectivity index (χ2v) is 8.94. The van der Waals surface area contributed by atoms with E-state index in [1.807, 2.05) is 63.2 Å². The molecule has 0 atom stereocenters. The van der Waals surface area contributed by atoms with Crippen molar-refractivity contribution < 1.29 is 14.4 Å². The van der Waals surface area contributed by atoms with Gasteiger partial charge in [-0.15, -0.1) is 0 Å². The van der Waals surface area contributed by atoms with Gasteiger partial charge in [-0.1, -0.05) is 48.0 Å². The molecule has 2 aromatic carbocycles. The van der Waals surface area contributed by atoms with Crippen LogP contribution in [-0.4, -0.2) is 54.2 Å². The lowest BCUT2D eigenvalue weighted by atomic mass is 9.71. The van der Waals surface area contributed by atoms with Crippen molar-refractivity contribution in [3.8, 4) is 0 Å². The Morgan fingerprint density at radius 2 is 1.56 bits per heavy atom. The van der Waals surface area contributed by atoms with Crippen LogP contribution in [0, 0.1) is 20.8 Å². The van der Waals surface area contributed by atoms with Gasteiger partial charge < -0.3 is 15.1 Å². The number of carbonyl (C=O) groups is 3. The molecule has 0 bridgehead atoms. The van der Waals surface area contributed by atoms with Crippen molar-refractivity contribution in [1.82, 2.24) is 9.80 Å². The average molecular weight is 436 g/mol. The van der Waals surface area contributed by atoms with Crippen molar-refractivity contribution in [3.05, 3.63) is 64.7 Å². The molecule has 170 valence electrons. The zero-order chi connectivity index (χ0) is 23.5. The molecule has 32 heavy (non-hydrogen) atoms. The van der Waals surface area contributed by atoms with Gasteiger partial charge in [-0.25, -0.2) is 0 Å². The maximum atomic E-state index is 13.7. The van der Waals surface area contributed by atoms with Crippen molar-refractivity contribution >= 4 is 23.4 Å². The molecule has 3 amide bonds. The molecule has 0 aromatic heterocycles. The molecule has 0 unspecified atom stereocenters. The first kappa shape index (κ1) is 23.5. The summed E-state index contributed by atoms with van der Waals surface area (Å²) >= 11 is 0. The van der Waals surface area contributed by atoms with Crippen molar-refractivity contribution in [3.63, 3.8) is 0 Å². The van der Waals surface area contributed by atoms with Crippen LogP contribution < -0.4 is 5.32 Å². The Morgan fingerprint density at radius 3 is 2.09 bits per heavy atom. The molecular formula is C26H33N3O3. The van der Waals surface area contributed by atoms with E-state index in [9.17, 15) is 14.4 Å². The first-order valence-corrected chi connectivity index (χ1v) is 11.1. The van der Waals surface area contributed by atoms with Gasteiger partial charge in [-0.05, 0) is 50.3 Å². The lowest BCUT2D eigenvalue weighted by Gasteiger charge is -2.42. The predicted octanol–water partition coefficient (Wildman–Crippen LogP) is 3.59. The van der Waals surface area contributed by atoms with Gasteiger partial charge in [0.2, 0.25) is 17.7 Å². The SMILES string of the molecule is CC(=O)N1CCC(C(=O)N(C)CC(=O)Nc2c(C)cc(C)cc2C)(c2ccccc2)CC1. The third-order valence-electron chi connectivity index (χ3n) is 6.47. The molecule has 1 aliphatic heterocycles. The van der Waals surface area contributed by atoms with Crippen LogP contribution in [0.5, 0.6) is 0 Å². The summed E-state index contributed by atoms with van der Waals surface area (Å²) in [5.74, 6) is -0.282. The molecule has 6 heteroatoms. The van der Waals surface area contributed by atoms with Crippen LogP contribution in [0.15, 0.2) is 42.5 Å². The smallest absolute Gasteiger partial charge is 0.243 e. The van der Waals surface area contributed by atoms with Gasteiger partial charge in [0, 0.05) is 32.7 Å². The number of amides is 3. The number of rotatable bonds is 5. The maximum absolute atomic E-state index is 13.7. The van der Waals surface area contributed by atoms with Crippen LogP contribution in [0.1, 0.15) is 42.0 Å². The molecule has 1 heterocycles. The fourth-order valence-corrected chi connectivity index (χ4v) is 4.80. The van der Waals surface area contributed by atoms with E-state index in [0.29, 0.717) is 25.9 Å². The highest BCUT2D eigenvalue weighted by molar-refractivity contribution is 5.97. The summed E-state index contributed by atoms with van der Waals surface area (Å²) in [6.07, 6.45) is 1.08. The number of carbonyl (C=O) groups excluding carboxylic acids is 3. The number of nitrogens with zero attached hydrogens (tertiary/aromatic N) is 2. The normalized spacial score (nSPS) is 15.2. The fraction of sp³-hybridized carbons (Fsp3) is 0.423. The van der Waals surface area contributed by atoms with Crippen LogP contribution in [0.4, 0.5) is 5.69 Å². The van der Waals surface area contributed by atoms with Crippen molar-refractivity contribution in [2.45, 2.75) is 46.0 Å². The summed E-state index contributed by atoms with van der Waals surface area (Å²) < 4.78 is 0. The number of hydrogen-bond donors (Lipinski definition) is 1. The lowest BCUT2D eigenvalue weighted by Crippen LogP contribution is -2.53. The third-order valence-corrected chi connectivity index (χ3v) is 6.47. The van der Waals surface area contributed by atoms with Gasteiger partial charge in [-0.3, -0.25) is 14.4 Å². The van der Waals surface area contributed by atoms with Gasteiger partial charge in [0.05, 0.1) is 12.0 Å². The molecule has 0 radical (unpaired) electrons. The first-order valence-electron chi connectivity index (χ1n) is 11.1. The summed E-state index contributed by atoms with van der Waals surface area (Å²) in [5.41, 5.74) is 4.15. The Kier molecular flexibility index (Phi) is 7.02. The van der Waals surface area contributed by atoms with Crippen LogP contribution in [0.2, 0.25) is 0 Å². The number of anilines is 1. The summed E-state index contributed by atoms with van der Waals surface area (Å²) in [4.78, 5) is 41.7. The summed E-state index contributed by atoms with van der Waals surface area (Å²) in [7, 11) is 1.68. The van der Waals surface area contributed by atoms with Crippen molar-refractivity contribution in [2.75, 3.05) is 32.0 Å². The lowest BCUT2D eigenvalue weighted by molar-refractivity contribution is -0.142. The minimum Gasteiger partial charge on any atom is -0.343 e. The highest BCUT2D eigenvalue weighted by atomic mass is 16.2. The minimum absolute atomic E-state index is 0.0238. The van der Waals surface area contributed by atoms with Crippen LogP contribution in [-0.2, 0) is 19.8 Å². The molecule has 0 spiro atoms. The van der Waals surface area contributed by atoms with E-state index >= 15 is 0 Å². The van der Waals surface area contributed by atoms with Gasteiger partial charge in [0.25, 0.3) is 0 Å². The van der Waals surface area contributed by atoms with E-state index in [0.717, 1.165) is 27.9 Å². The third kappa shape index (κ3) is 4.85. The number of hydrogen-bond acceptors (Lipinski definition) is 3. The number of nitrogens with one attached hydrogen (secondary N) is 1. The van der Waals surface area contributed by atoms with Crippen LogP contribution >= 0.6 is 0 Å². The van der Waals surface area contributed by atoms with Crippen LogP contribution in [0.25, 0.3) is 0 Å². The highest BCUT2D eigenvalue weighted by Crippen LogP contribution is 2.37. The number of piperidine rings is 1. The van der Waals surface area contributed by atoms with E-state index in [4.69, 9.17) is 0 Å². The molecule has 1 aliphatic rings. The van der Waals surface area contributed by atoms with E-state index < -0.39 is 5.41 Å². The quantitative estimate of drug-likeness (QED) is 0.780. The predicted molar refractivity (Wildman–Crippen MR) is 127 cm³/mol. The Hall–Kier alpha value is -3.15. The Morgan fingerprint density at radius 1 is 1.00 bits per heavy atom. The van der Waals surface area contributed by atoms with Crippen LogP contribution in [0.3, 0.4) is 0 Å². The van der Waals surface area contributed by atoms with E-state index in [2.05, 4.69) is 5.32 Å². The van der Waals surface area contributed by atoms with Crippen molar-refractivity contribution in [2.24, 2.45) is 0 Å². The monoisotopic (exact) mass is 435 g/mol. The largest absolute Gasteiger partial charge is 0.343 e. The molecule has 1 saturated heterocycles. The van der Waals surface area contributed by atoms with Gasteiger partial charge >= 0.3 is 0 Å². The second kappa shape index (κ2) is 9.55. The van der Waals surface area contributed by atoms with Gasteiger partial charge in [-0.2, -0.15) is 0 Å². The number of aryl methyl sites for hydroxylation is 3. The fourth-order valence-electron chi connectivity index (χ4n) is 4.80. The van der Waals surface area contributed by atoms with E-state index in [-0.39, 0.29) is 24.3 Å². The molecular weight excluding hydrogens is 402 g/mol. The molecule has 1 fully saturated rings. The standard InChI is InChI=1S/C26H33N3O3/c1-18-15-19(2)24(20(3)16-18)27-23(31)17-28(5)25(32)26(22-9-7-6-8-10-22)11-13-29(14-12-26)21(4)30/h6-10,15-16H,11-14,17H2,1-5H3,(H,27,31). The topological polar surface area (TPSA) is 69.7 Å². The molecule has 0 saturated carbocycles. The molecule has 0 aliphatic carbocycles. The average Bonchev–Trinajstić information content (AvgIpc) is 2.76. The molecule has 1 N–H and O–H groups in total. The molecule has 6 nitrogen and oxygen atoms in total. The number of likely N-dealkylation sites (tertiary alicyclic amines) is 1. The van der Waals surface area contributed by atoms with Crippen molar-refractivity contribution in [1.29, 1.82) is 0 Å². The Balaban J connectivity index is 1.78. The maximum Gasteiger partial charge on any atom is 0.243 e. The first-order chi connectivity index (χ1) is 15.1. The Bertz CT molecular complexity index is 985. The highest BCUT2D eigenvalue weighted by Gasteiger charge is 2.45. The second-order valence-electron chi connectivity index (χ2n) is 8.94. The zero-order valence-electron chi connectivity index (χ0n) is 19.7. The summed E-state index contributed by atoms with van der Waals surface area (Å²) in [6.45, 7) is 8.54. The Labute approximate surface area is 190 Å².